The van der Waals surface area contributed by atoms with Gasteiger partial charge in [0.2, 0.25) is 5.91 Å². The molecule has 0 spiro atoms. The molecule has 0 radical (unpaired) electrons. The molecule has 2 N–H and O–H groups in total. The minimum absolute atomic E-state index is 0.0279. The first kappa shape index (κ1) is 15.3. The van der Waals surface area contributed by atoms with Crippen molar-refractivity contribution in [3.63, 3.8) is 0 Å². The molecule has 1 aromatic carbocycles. The average Bonchev–Trinajstić information content (AvgIpc) is 2.53. The third kappa shape index (κ3) is 5.44. The van der Waals surface area contributed by atoms with E-state index in [4.69, 9.17) is 10.00 Å². The zero-order valence-electron chi connectivity index (χ0n) is 12.1. The van der Waals surface area contributed by atoms with Gasteiger partial charge in [0.05, 0.1) is 0 Å². The van der Waals surface area contributed by atoms with Gasteiger partial charge in [-0.25, -0.2) is 0 Å². The monoisotopic (exact) mass is 287 g/mol. The summed E-state index contributed by atoms with van der Waals surface area (Å²) in [5, 5.41) is 14.8. The first-order valence-electron chi connectivity index (χ1n) is 7.41. The standard InChI is InChI=1S/C16H21N3O2/c17-10-12-21-15-7-4-14(5-8-15)19-16(20)9-6-13-3-1-2-11-18-13/h4-5,7-8,13,18H,1-3,6,9,11-12H2,(H,19,20). The zero-order chi connectivity index (χ0) is 14.9. The first-order chi connectivity index (χ1) is 10.3. The molecule has 1 aliphatic heterocycles. The van der Waals surface area contributed by atoms with Gasteiger partial charge in [-0.15, -0.1) is 0 Å². The molecule has 0 aromatic heterocycles. The van der Waals surface area contributed by atoms with E-state index in [-0.39, 0.29) is 12.5 Å². The third-order valence-electron chi connectivity index (χ3n) is 3.57. The van der Waals surface area contributed by atoms with Crippen molar-refractivity contribution in [1.29, 1.82) is 5.26 Å². The lowest BCUT2D eigenvalue weighted by Crippen LogP contribution is -2.34. The van der Waals surface area contributed by atoms with Crippen molar-refractivity contribution in [1.82, 2.24) is 5.32 Å². The van der Waals surface area contributed by atoms with Crippen LogP contribution in [0.1, 0.15) is 32.1 Å². The Labute approximate surface area is 125 Å². The van der Waals surface area contributed by atoms with Crippen molar-refractivity contribution in [2.45, 2.75) is 38.1 Å². The number of benzene rings is 1. The highest BCUT2D eigenvalue weighted by Gasteiger charge is 2.14. The van der Waals surface area contributed by atoms with E-state index in [2.05, 4.69) is 10.6 Å². The number of hydrogen-bond acceptors (Lipinski definition) is 4. The molecule has 1 heterocycles. The van der Waals surface area contributed by atoms with Crippen LogP contribution in [0.15, 0.2) is 24.3 Å². The number of hydrogen-bond donors (Lipinski definition) is 2. The predicted octanol–water partition coefficient (Wildman–Crippen LogP) is 2.45. The van der Waals surface area contributed by atoms with Gasteiger partial charge in [0, 0.05) is 18.2 Å². The lowest BCUT2D eigenvalue weighted by atomic mass is 10.0. The Bertz CT molecular complexity index is 487. The number of carbonyl (C=O) groups excluding carboxylic acids is 1. The molecule has 1 aliphatic rings. The molecule has 21 heavy (non-hydrogen) atoms. The molecule has 2 rings (SSSR count). The second-order valence-electron chi connectivity index (χ2n) is 5.20. The van der Waals surface area contributed by atoms with Crippen molar-refractivity contribution in [3.05, 3.63) is 24.3 Å². The fourth-order valence-electron chi connectivity index (χ4n) is 2.45. The highest BCUT2D eigenvalue weighted by Crippen LogP contribution is 2.17. The molecule has 1 unspecified atom stereocenters. The maximum atomic E-state index is 11.9. The lowest BCUT2D eigenvalue weighted by molar-refractivity contribution is -0.116. The van der Waals surface area contributed by atoms with Crippen LogP contribution < -0.4 is 15.4 Å². The van der Waals surface area contributed by atoms with Gasteiger partial charge in [-0.05, 0) is 50.1 Å². The van der Waals surface area contributed by atoms with Crippen LogP contribution in [0.25, 0.3) is 0 Å². The summed E-state index contributed by atoms with van der Waals surface area (Å²) in [7, 11) is 0. The molecule has 1 atom stereocenters. The van der Waals surface area contributed by atoms with Crippen molar-refractivity contribution >= 4 is 11.6 Å². The van der Waals surface area contributed by atoms with Crippen LogP contribution in [0, 0.1) is 11.3 Å². The smallest absolute Gasteiger partial charge is 0.224 e. The molecule has 0 bridgehead atoms. The normalized spacial score (nSPS) is 17.8. The number of rotatable bonds is 6. The molecular formula is C16H21N3O2. The number of nitriles is 1. The SMILES string of the molecule is N#CCOc1ccc(NC(=O)CCC2CCCCN2)cc1. The van der Waals surface area contributed by atoms with E-state index in [9.17, 15) is 4.79 Å². The van der Waals surface area contributed by atoms with Crippen LogP contribution in [0.3, 0.4) is 0 Å². The van der Waals surface area contributed by atoms with E-state index >= 15 is 0 Å². The number of piperidine rings is 1. The molecular weight excluding hydrogens is 266 g/mol. The van der Waals surface area contributed by atoms with E-state index in [1.165, 1.54) is 12.8 Å². The minimum Gasteiger partial charge on any atom is -0.479 e. The Kier molecular flexibility index (Phi) is 6.04. The minimum atomic E-state index is 0.0279. The summed E-state index contributed by atoms with van der Waals surface area (Å²) in [5.41, 5.74) is 0.751. The number of carbonyl (C=O) groups is 1. The topological polar surface area (TPSA) is 74.1 Å². The predicted molar refractivity (Wildman–Crippen MR) is 81.1 cm³/mol. The molecule has 0 aliphatic carbocycles. The summed E-state index contributed by atoms with van der Waals surface area (Å²) >= 11 is 0. The third-order valence-corrected chi connectivity index (χ3v) is 3.57. The van der Waals surface area contributed by atoms with Crippen LogP contribution in [0.2, 0.25) is 0 Å². The summed E-state index contributed by atoms with van der Waals surface area (Å²) in [6.45, 7) is 1.09. The van der Waals surface area contributed by atoms with Gasteiger partial charge in [0.25, 0.3) is 0 Å². The quantitative estimate of drug-likeness (QED) is 0.843. The van der Waals surface area contributed by atoms with Crippen molar-refractivity contribution in [3.8, 4) is 11.8 Å². The summed E-state index contributed by atoms with van der Waals surface area (Å²) < 4.78 is 5.16. The fourth-order valence-corrected chi connectivity index (χ4v) is 2.45. The lowest BCUT2D eigenvalue weighted by Gasteiger charge is -2.23. The number of nitrogens with one attached hydrogen (secondary N) is 2. The van der Waals surface area contributed by atoms with Crippen molar-refractivity contribution in [2.75, 3.05) is 18.5 Å². The molecule has 1 amide bonds. The maximum Gasteiger partial charge on any atom is 0.224 e. The Hall–Kier alpha value is -2.06. The molecule has 1 saturated heterocycles. The summed E-state index contributed by atoms with van der Waals surface area (Å²) in [4.78, 5) is 11.9. The summed E-state index contributed by atoms with van der Waals surface area (Å²) in [6.07, 6.45) is 5.07. The van der Waals surface area contributed by atoms with Crippen LogP contribution in [-0.2, 0) is 4.79 Å². The van der Waals surface area contributed by atoms with Gasteiger partial charge in [0.1, 0.15) is 11.8 Å². The fraction of sp³-hybridized carbons (Fsp3) is 0.500. The second kappa shape index (κ2) is 8.28. The Morgan fingerprint density at radius 2 is 2.19 bits per heavy atom. The van der Waals surface area contributed by atoms with Crippen LogP contribution in [0.5, 0.6) is 5.75 Å². The van der Waals surface area contributed by atoms with Crippen LogP contribution in [-0.4, -0.2) is 25.1 Å². The highest BCUT2D eigenvalue weighted by atomic mass is 16.5. The number of anilines is 1. The molecule has 1 fully saturated rings. The maximum absolute atomic E-state index is 11.9. The van der Waals surface area contributed by atoms with Crippen molar-refractivity contribution < 1.29 is 9.53 Å². The Morgan fingerprint density at radius 3 is 2.86 bits per heavy atom. The second-order valence-corrected chi connectivity index (χ2v) is 5.20. The first-order valence-corrected chi connectivity index (χ1v) is 7.41. The zero-order valence-corrected chi connectivity index (χ0v) is 12.1. The van der Waals surface area contributed by atoms with Gasteiger partial charge in [0.15, 0.2) is 6.61 Å². The van der Waals surface area contributed by atoms with E-state index < -0.39 is 0 Å². The summed E-state index contributed by atoms with van der Waals surface area (Å²) in [5.74, 6) is 0.661. The molecule has 5 heteroatoms. The van der Waals surface area contributed by atoms with Gasteiger partial charge in [-0.3, -0.25) is 4.79 Å². The van der Waals surface area contributed by atoms with Gasteiger partial charge < -0.3 is 15.4 Å². The molecule has 1 aromatic rings. The number of ether oxygens (including phenoxy) is 1. The number of amides is 1. The van der Waals surface area contributed by atoms with Crippen molar-refractivity contribution in [2.24, 2.45) is 0 Å². The summed E-state index contributed by atoms with van der Waals surface area (Å²) in [6, 6.07) is 9.44. The van der Waals surface area contributed by atoms with Gasteiger partial charge in [-0.2, -0.15) is 5.26 Å². The van der Waals surface area contributed by atoms with Gasteiger partial charge >= 0.3 is 0 Å². The number of nitrogens with zero attached hydrogens (tertiary/aromatic N) is 1. The average molecular weight is 287 g/mol. The van der Waals surface area contributed by atoms with E-state index in [0.29, 0.717) is 18.2 Å². The highest BCUT2D eigenvalue weighted by molar-refractivity contribution is 5.90. The van der Waals surface area contributed by atoms with E-state index in [1.807, 2.05) is 6.07 Å². The molecule has 0 saturated carbocycles. The van der Waals surface area contributed by atoms with Crippen LogP contribution >= 0.6 is 0 Å². The Balaban J connectivity index is 1.73. The molecule has 112 valence electrons. The van der Waals surface area contributed by atoms with E-state index in [1.54, 1.807) is 24.3 Å². The molecule has 5 nitrogen and oxygen atoms in total. The largest absolute Gasteiger partial charge is 0.479 e. The van der Waals surface area contributed by atoms with Gasteiger partial charge in [-0.1, -0.05) is 6.42 Å². The Morgan fingerprint density at radius 1 is 1.38 bits per heavy atom. The van der Waals surface area contributed by atoms with Crippen LogP contribution in [0.4, 0.5) is 5.69 Å². The van der Waals surface area contributed by atoms with E-state index in [0.717, 1.165) is 25.1 Å².